The van der Waals surface area contributed by atoms with Crippen LogP contribution in [0.5, 0.6) is 0 Å². The molecule has 0 saturated carbocycles. The van der Waals surface area contributed by atoms with Crippen molar-refractivity contribution in [3.63, 3.8) is 0 Å². The summed E-state index contributed by atoms with van der Waals surface area (Å²) in [6, 6.07) is 4.24. The topological polar surface area (TPSA) is 46.3 Å². The van der Waals surface area contributed by atoms with Crippen molar-refractivity contribution >= 4 is 15.6 Å². The van der Waals surface area contributed by atoms with E-state index in [4.69, 9.17) is 5.73 Å². The third-order valence-corrected chi connectivity index (χ3v) is 5.72. The van der Waals surface area contributed by atoms with Crippen molar-refractivity contribution in [2.24, 2.45) is 5.73 Å². The number of hydrogen-bond donors (Lipinski definition) is 1. The molecule has 1 unspecified atom stereocenters. The van der Waals surface area contributed by atoms with Gasteiger partial charge < -0.3 is 5.73 Å². The van der Waals surface area contributed by atoms with Crippen molar-refractivity contribution < 1.29 is 8.60 Å². The summed E-state index contributed by atoms with van der Waals surface area (Å²) in [6.45, 7) is 5.61. The first-order valence-electron chi connectivity index (χ1n) is 7.08. The maximum Gasteiger partial charge on any atom is 0.124 e. The van der Waals surface area contributed by atoms with Gasteiger partial charge in [0.05, 0.1) is 14.6 Å². The minimum atomic E-state index is -2.68. The van der Waals surface area contributed by atoms with Gasteiger partial charge in [-0.15, -0.1) is 0 Å². The summed E-state index contributed by atoms with van der Waals surface area (Å²) in [5, 5.41) is 0. The van der Waals surface area contributed by atoms with Crippen LogP contribution in [0, 0.1) is 5.82 Å². The van der Waals surface area contributed by atoms with Gasteiger partial charge >= 0.3 is 0 Å². The van der Waals surface area contributed by atoms with Crippen LogP contribution in [-0.4, -0.2) is 27.5 Å². The van der Waals surface area contributed by atoms with Gasteiger partial charge in [-0.25, -0.2) is 12.9 Å². The number of nitrogens with two attached hydrogens (primary N) is 1. The molecular formula is C15H25FN2OS. The number of benzene rings is 1. The number of nitrogens with zero attached hydrogens (tertiary/aromatic N) is 1. The normalized spacial score (nSPS) is 14.4. The Hall–Kier alpha value is -0.910. The molecule has 0 aromatic heterocycles. The molecule has 2 N–H and O–H groups in total. The minimum absolute atomic E-state index is 0.231. The summed E-state index contributed by atoms with van der Waals surface area (Å²) < 4.78 is 28.3. The second kappa shape index (κ2) is 7.76. The van der Waals surface area contributed by atoms with E-state index in [1.54, 1.807) is 6.07 Å². The van der Waals surface area contributed by atoms with Crippen molar-refractivity contribution in [3.05, 3.63) is 29.6 Å². The Labute approximate surface area is 122 Å². The van der Waals surface area contributed by atoms with E-state index in [9.17, 15) is 8.60 Å². The molecule has 20 heavy (non-hydrogen) atoms. The Morgan fingerprint density at radius 2 is 2.05 bits per heavy atom. The largest absolute Gasteiger partial charge is 0.326 e. The highest BCUT2D eigenvalue weighted by atomic mass is 32.2. The van der Waals surface area contributed by atoms with Gasteiger partial charge in [0, 0.05) is 19.6 Å². The summed E-state index contributed by atoms with van der Waals surface area (Å²) in [6.07, 6.45) is 3.15. The molecule has 1 rings (SSSR count). The Kier molecular flexibility index (Phi) is 6.65. The van der Waals surface area contributed by atoms with Crippen molar-refractivity contribution in [1.29, 1.82) is 0 Å². The molecule has 0 amide bonds. The number of hydrogen-bond acceptors (Lipinski definition) is 2. The average molecular weight is 300 g/mol. The van der Waals surface area contributed by atoms with E-state index in [1.807, 2.05) is 11.2 Å². The van der Waals surface area contributed by atoms with Crippen molar-refractivity contribution in [3.8, 4) is 0 Å². The molecule has 1 atom stereocenters. The molecule has 0 saturated heterocycles. The SMILES string of the molecule is C=S(=O)(c1cc(F)ccc1CN)N(CC)CCCCC. The maximum absolute atomic E-state index is 13.5. The summed E-state index contributed by atoms with van der Waals surface area (Å²) in [7, 11) is -2.68. The van der Waals surface area contributed by atoms with E-state index >= 15 is 0 Å². The van der Waals surface area contributed by atoms with Gasteiger partial charge in [0.2, 0.25) is 0 Å². The molecule has 114 valence electrons. The van der Waals surface area contributed by atoms with Crippen LogP contribution < -0.4 is 5.73 Å². The zero-order valence-corrected chi connectivity index (χ0v) is 13.2. The monoisotopic (exact) mass is 300 g/mol. The van der Waals surface area contributed by atoms with E-state index in [-0.39, 0.29) is 6.54 Å². The second-order valence-corrected chi connectivity index (χ2v) is 7.06. The lowest BCUT2D eigenvalue weighted by Gasteiger charge is -2.26. The number of halogens is 1. The predicted molar refractivity (Wildman–Crippen MR) is 84.6 cm³/mol. The van der Waals surface area contributed by atoms with E-state index in [0.717, 1.165) is 19.3 Å². The molecule has 0 aliphatic heterocycles. The van der Waals surface area contributed by atoms with Crippen LogP contribution in [0.25, 0.3) is 0 Å². The fourth-order valence-corrected chi connectivity index (χ4v) is 4.16. The van der Waals surface area contributed by atoms with Crippen molar-refractivity contribution in [2.45, 2.75) is 44.6 Å². The first kappa shape index (κ1) is 17.1. The molecule has 5 heteroatoms. The molecule has 0 radical (unpaired) electrons. The summed E-state index contributed by atoms with van der Waals surface area (Å²) >= 11 is 0. The smallest absolute Gasteiger partial charge is 0.124 e. The highest BCUT2D eigenvalue weighted by Gasteiger charge is 2.20. The van der Waals surface area contributed by atoms with E-state index in [0.29, 0.717) is 23.5 Å². The molecular weight excluding hydrogens is 275 g/mol. The summed E-state index contributed by atoms with van der Waals surface area (Å²) in [5.41, 5.74) is 6.36. The molecule has 0 spiro atoms. The highest BCUT2D eigenvalue weighted by molar-refractivity contribution is 7.98. The minimum Gasteiger partial charge on any atom is -0.326 e. The standard InChI is InChI=1S/C15H25FN2OS/c1-4-6-7-10-18(5-2)20(3,19)15-11-14(16)9-8-13(15)12-17/h8-9,11H,3-7,10,12,17H2,1-2H3. The van der Waals surface area contributed by atoms with Crippen molar-refractivity contribution in [1.82, 2.24) is 4.31 Å². The Bertz CT molecular complexity index is 529. The van der Waals surface area contributed by atoms with E-state index < -0.39 is 15.5 Å². The van der Waals surface area contributed by atoms with E-state index in [2.05, 4.69) is 12.8 Å². The Morgan fingerprint density at radius 1 is 1.35 bits per heavy atom. The zero-order valence-electron chi connectivity index (χ0n) is 12.4. The first-order valence-corrected chi connectivity index (χ1v) is 8.76. The lowest BCUT2D eigenvalue weighted by molar-refractivity contribution is 0.444. The fourth-order valence-electron chi connectivity index (χ4n) is 2.19. The highest BCUT2D eigenvalue weighted by Crippen LogP contribution is 2.22. The molecule has 0 fully saturated rings. The van der Waals surface area contributed by atoms with Crippen LogP contribution in [-0.2, 0) is 16.3 Å². The summed E-state index contributed by atoms with van der Waals surface area (Å²) in [5.74, 6) is 3.47. The molecule has 0 aliphatic rings. The van der Waals surface area contributed by atoms with Crippen LogP contribution in [0.4, 0.5) is 4.39 Å². The van der Waals surface area contributed by atoms with Gasteiger partial charge in [0.25, 0.3) is 0 Å². The van der Waals surface area contributed by atoms with Crippen LogP contribution in [0.2, 0.25) is 0 Å². The summed E-state index contributed by atoms with van der Waals surface area (Å²) in [4.78, 5) is 0.429. The fraction of sp³-hybridized carbons (Fsp3) is 0.533. The average Bonchev–Trinajstić information content (AvgIpc) is 2.43. The molecule has 0 bridgehead atoms. The van der Waals surface area contributed by atoms with Crippen LogP contribution in [0.15, 0.2) is 23.1 Å². The molecule has 1 aromatic rings. The third-order valence-electron chi connectivity index (χ3n) is 3.37. The van der Waals surface area contributed by atoms with Crippen molar-refractivity contribution in [2.75, 3.05) is 13.1 Å². The Morgan fingerprint density at radius 3 is 2.60 bits per heavy atom. The predicted octanol–water partition coefficient (Wildman–Crippen LogP) is 2.79. The van der Waals surface area contributed by atoms with Gasteiger partial charge in [-0.1, -0.05) is 32.8 Å². The van der Waals surface area contributed by atoms with Crippen LogP contribution in [0.3, 0.4) is 0 Å². The first-order chi connectivity index (χ1) is 9.47. The molecule has 3 nitrogen and oxygen atoms in total. The zero-order chi connectivity index (χ0) is 15.2. The quantitative estimate of drug-likeness (QED) is 0.593. The molecule has 0 aliphatic carbocycles. The van der Waals surface area contributed by atoms with Gasteiger partial charge in [-0.2, -0.15) is 0 Å². The van der Waals surface area contributed by atoms with Crippen LogP contribution in [0.1, 0.15) is 38.7 Å². The van der Waals surface area contributed by atoms with Gasteiger partial charge in [0.1, 0.15) is 5.82 Å². The lowest BCUT2D eigenvalue weighted by Crippen LogP contribution is -2.32. The second-order valence-electron chi connectivity index (χ2n) is 4.83. The molecule has 0 heterocycles. The lowest BCUT2D eigenvalue weighted by atomic mass is 10.2. The number of rotatable bonds is 8. The maximum atomic E-state index is 13.5. The van der Waals surface area contributed by atoms with Crippen LogP contribution >= 0.6 is 0 Å². The molecule has 1 aromatic carbocycles. The number of unbranched alkanes of at least 4 members (excludes halogenated alkanes) is 2. The Balaban J connectivity index is 3.10. The third kappa shape index (κ3) is 4.04. The van der Waals surface area contributed by atoms with E-state index in [1.165, 1.54) is 12.1 Å². The van der Waals surface area contributed by atoms with Gasteiger partial charge in [-0.3, -0.25) is 0 Å². The van der Waals surface area contributed by atoms with Gasteiger partial charge in [-0.05, 0) is 30.0 Å². The van der Waals surface area contributed by atoms with Gasteiger partial charge in [0.15, 0.2) is 0 Å².